The van der Waals surface area contributed by atoms with Crippen LogP contribution in [-0.4, -0.2) is 32.7 Å². The lowest BCUT2D eigenvalue weighted by molar-refractivity contribution is -0.123. The Hall–Kier alpha value is -1.75. The average Bonchev–Trinajstić information content (AvgIpc) is 2.38. The smallest absolute Gasteiger partial charge is 0.237 e. The number of hydrogen-bond acceptors (Lipinski definition) is 4. The number of hydrogen-bond donors (Lipinski definition) is 2. The van der Waals surface area contributed by atoms with Gasteiger partial charge >= 0.3 is 0 Å². The number of primary amides is 1. The second-order valence-corrected chi connectivity index (χ2v) is 4.31. The number of nitrogens with two attached hydrogens (primary N) is 1. The molecular weight excluding hydrogens is 232 g/mol. The quantitative estimate of drug-likeness (QED) is 0.782. The van der Waals surface area contributed by atoms with Crippen LogP contribution in [0, 0.1) is 0 Å². The first kappa shape index (κ1) is 14.3. The number of carbonyl (C=O) groups excluding carboxylic acids is 1. The van der Waals surface area contributed by atoms with Crippen LogP contribution in [-0.2, 0) is 11.2 Å². The maximum absolute atomic E-state index is 11.4. The van der Waals surface area contributed by atoms with Gasteiger partial charge in [0.05, 0.1) is 19.8 Å². The van der Waals surface area contributed by atoms with E-state index in [-0.39, 0.29) is 5.91 Å². The number of rotatable bonds is 6. The zero-order valence-corrected chi connectivity index (χ0v) is 11.2. The predicted octanol–water partition coefficient (Wildman–Crippen LogP) is 0.710. The highest BCUT2D eigenvalue weighted by atomic mass is 16.5. The van der Waals surface area contributed by atoms with Gasteiger partial charge in [-0.3, -0.25) is 4.79 Å². The summed E-state index contributed by atoms with van der Waals surface area (Å²) in [5.74, 6) is 0.907. The molecule has 0 aliphatic heterocycles. The number of ether oxygens (including phenoxy) is 2. The number of likely N-dealkylation sites (N-methyl/N-ethyl adjacent to an activating group) is 1. The molecule has 5 heteroatoms. The summed E-state index contributed by atoms with van der Waals surface area (Å²) < 4.78 is 10.4. The van der Waals surface area contributed by atoms with Gasteiger partial charge in [0.1, 0.15) is 0 Å². The van der Waals surface area contributed by atoms with Gasteiger partial charge in [0.25, 0.3) is 0 Å². The van der Waals surface area contributed by atoms with Crippen LogP contribution >= 0.6 is 0 Å². The van der Waals surface area contributed by atoms with E-state index in [2.05, 4.69) is 5.32 Å². The Bertz CT molecular complexity index is 434. The van der Waals surface area contributed by atoms with E-state index in [9.17, 15) is 4.79 Å². The minimum absolute atomic E-state index is 0.389. The molecule has 100 valence electrons. The fourth-order valence-corrected chi connectivity index (χ4v) is 1.70. The van der Waals surface area contributed by atoms with Crippen molar-refractivity contribution >= 4 is 5.91 Å². The van der Waals surface area contributed by atoms with Gasteiger partial charge in [-0.15, -0.1) is 0 Å². The molecule has 18 heavy (non-hydrogen) atoms. The lowest BCUT2D eigenvalue weighted by Gasteiger charge is -2.25. The first-order chi connectivity index (χ1) is 8.46. The third-order valence-electron chi connectivity index (χ3n) is 3.10. The summed E-state index contributed by atoms with van der Waals surface area (Å²) in [6.07, 6.45) is 0.485. The highest BCUT2D eigenvalue weighted by Crippen LogP contribution is 2.28. The van der Waals surface area contributed by atoms with Gasteiger partial charge < -0.3 is 20.5 Å². The fourth-order valence-electron chi connectivity index (χ4n) is 1.70. The van der Waals surface area contributed by atoms with Crippen LogP contribution < -0.4 is 20.5 Å². The van der Waals surface area contributed by atoms with E-state index in [1.807, 2.05) is 18.2 Å². The predicted molar refractivity (Wildman–Crippen MR) is 69.9 cm³/mol. The van der Waals surface area contributed by atoms with Crippen molar-refractivity contribution in [2.45, 2.75) is 18.9 Å². The molecule has 5 nitrogen and oxygen atoms in total. The Labute approximate surface area is 107 Å². The van der Waals surface area contributed by atoms with E-state index in [0.717, 1.165) is 5.56 Å². The normalized spacial score (nSPS) is 13.8. The fraction of sp³-hybridized carbons (Fsp3) is 0.462. The summed E-state index contributed by atoms with van der Waals surface area (Å²) in [6.45, 7) is 1.77. The van der Waals surface area contributed by atoms with E-state index in [4.69, 9.17) is 15.2 Å². The summed E-state index contributed by atoms with van der Waals surface area (Å²) in [7, 11) is 4.87. The largest absolute Gasteiger partial charge is 0.493 e. The summed E-state index contributed by atoms with van der Waals surface area (Å²) in [5.41, 5.74) is 5.57. The van der Waals surface area contributed by atoms with Crippen LogP contribution in [0.4, 0.5) is 0 Å². The van der Waals surface area contributed by atoms with Crippen molar-refractivity contribution < 1.29 is 14.3 Å². The van der Waals surface area contributed by atoms with Gasteiger partial charge in [-0.25, -0.2) is 0 Å². The van der Waals surface area contributed by atoms with E-state index in [1.54, 1.807) is 28.2 Å². The third kappa shape index (κ3) is 2.92. The maximum atomic E-state index is 11.4. The molecule has 0 aromatic heterocycles. The average molecular weight is 252 g/mol. The van der Waals surface area contributed by atoms with Crippen molar-refractivity contribution in [2.75, 3.05) is 21.3 Å². The lowest BCUT2D eigenvalue weighted by atomic mass is 9.92. The SMILES string of the molecule is CNC(C)(Cc1ccc(OC)c(OC)c1)C(N)=O. The molecule has 3 N–H and O–H groups in total. The number of amides is 1. The van der Waals surface area contributed by atoms with Gasteiger partial charge in [-0.05, 0) is 38.1 Å². The zero-order chi connectivity index (χ0) is 13.8. The monoisotopic (exact) mass is 252 g/mol. The number of carbonyl (C=O) groups is 1. The van der Waals surface area contributed by atoms with Gasteiger partial charge in [-0.1, -0.05) is 6.07 Å². The Morgan fingerprint density at radius 3 is 2.39 bits per heavy atom. The number of nitrogens with one attached hydrogen (secondary N) is 1. The molecule has 1 rings (SSSR count). The van der Waals surface area contributed by atoms with Crippen molar-refractivity contribution in [3.05, 3.63) is 23.8 Å². The van der Waals surface area contributed by atoms with E-state index >= 15 is 0 Å². The Morgan fingerprint density at radius 2 is 1.94 bits per heavy atom. The van der Waals surface area contributed by atoms with Crippen LogP contribution in [0.2, 0.25) is 0 Å². The molecule has 0 aliphatic carbocycles. The zero-order valence-electron chi connectivity index (χ0n) is 11.2. The van der Waals surface area contributed by atoms with Crippen LogP contribution in [0.25, 0.3) is 0 Å². The molecule has 0 fully saturated rings. The van der Waals surface area contributed by atoms with Crippen LogP contribution in [0.5, 0.6) is 11.5 Å². The highest BCUT2D eigenvalue weighted by Gasteiger charge is 2.29. The van der Waals surface area contributed by atoms with Crippen molar-refractivity contribution in [3.63, 3.8) is 0 Å². The number of benzene rings is 1. The lowest BCUT2D eigenvalue weighted by Crippen LogP contribution is -2.53. The van der Waals surface area contributed by atoms with E-state index in [0.29, 0.717) is 17.9 Å². The molecule has 1 amide bonds. The van der Waals surface area contributed by atoms with Gasteiger partial charge in [0.15, 0.2) is 11.5 Å². The second kappa shape index (κ2) is 5.73. The molecule has 0 saturated heterocycles. The van der Waals surface area contributed by atoms with Crippen molar-refractivity contribution in [2.24, 2.45) is 5.73 Å². The summed E-state index contributed by atoms with van der Waals surface area (Å²) in [4.78, 5) is 11.4. The van der Waals surface area contributed by atoms with Crippen molar-refractivity contribution in [3.8, 4) is 11.5 Å². The molecule has 0 heterocycles. The minimum Gasteiger partial charge on any atom is -0.493 e. The molecule has 1 aromatic rings. The number of methoxy groups -OCH3 is 2. The standard InChI is InChI=1S/C13H20N2O3/c1-13(15-2,12(14)16)8-9-5-6-10(17-3)11(7-9)18-4/h5-7,15H,8H2,1-4H3,(H2,14,16). The Kier molecular flexibility index (Phi) is 4.55. The summed E-state index contributed by atoms with van der Waals surface area (Å²) in [6, 6.07) is 5.54. The first-order valence-corrected chi connectivity index (χ1v) is 5.66. The second-order valence-electron chi connectivity index (χ2n) is 4.31. The molecule has 1 atom stereocenters. The maximum Gasteiger partial charge on any atom is 0.237 e. The van der Waals surface area contributed by atoms with Crippen molar-refractivity contribution in [1.29, 1.82) is 0 Å². The minimum atomic E-state index is -0.778. The highest BCUT2D eigenvalue weighted by molar-refractivity contribution is 5.84. The molecule has 0 aliphatic rings. The topological polar surface area (TPSA) is 73.6 Å². The summed E-state index contributed by atoms with van der Waals surface area (Å²) >= 11 is 0. The van der Waals surface area contributed by atoms with Gasteiger partial charge in [0.2, 0.25) is 5.91 Å². The molecule has 1 unspecified atom stereocenters. The molecule has 1 aromatic carbocycles. The third-order valence-corrected chi connectivity index (χ3v) is 3.10. The Balaban J connectivity index is 3.01. The Morgan fingerprint density at radius 1 is 1.33 bits per heavy atom. The molecule has 0 radical (unpaired) electrons. The van der Waals surface area contributed by atoms with Crippen LogP contribution in [0.1, 0.15) is 12.5 Å². The molecule has 0 bridgehead atoms. The van der Waals surface area contributed by atoms with E-state index in [1.165, 1.54) is 0 Å². The summed E-state index contributed by atoms with van der Waals surface area (Å²) in [5, 5.41) is 2.95. The van der Waals surface area contributed by atoms with E-state index < -0.39 is 5.54 Å². The molecule has 0 saturated carbocycles. The molecule has 0 spiro atoms. The van der Waals surface area contributed by atoms with Crippen LogP contribution in [0.15, 0.2) is 18.2 Å². The van der Waals surface area contributed by atoms with Gasteiger partial charge in [-0.2, -0.15) is 0 Å². The van der Waals surface area contributed by atoms with Crippen LogP contribution in [0.3, 0.4) is 0 Å². The van der Waals surface area contributed by atoms with Crippen molar-refractivity contribution in [1.82, 2.24) is 5.32 Å². The molecular formula is C13H20N2O3. The first-order valence-electron chi connectivity index (χ1n) is 5.66. The van der Waals surface area contributed by atoms with Gasteiger partial charge in [0, 0.05) is 0 Å².